The van der Waals surface area contributed by atoms with Crippen LogP contribution < -0.4 is 9.47 Å². The van der Waals surface area contributed by atoms with Crippen LogP contribution in [0.1, 0.15) is 44.7 Å². The maximum atomic E-state index is 11.0. The molecule has 0 aliphatic carbocycles. The van der Waals surface area contributed by atoms with Gasteiger partial charge in [0.15, 0.2) is 12.6 Å². The minimum atomic E-state index is 0.516. The van der Waals surface area contributed by atoms with Gasteiger partial charge in [-0.25, -0.2) is 0 Å². The summed E-state index contributed by atoms with van der Waals surface area (Å²) in [6.07, 6.45) is 3.22. The molecule has 2 aromatic carbocycles. The quantitative estimate of drug-likeness (QED) is 0.513. The lowest BCUT2D eigenvalue weighted by atomic mass is 10.1. The van der Waals surface area contributed by atoms with Crippen molar-refractivity contribution in [1.82, 2.24) is 0 Å². The van der Waals surface area contributed by atoms with Gasteiger partial charge in [0, 0.05) is 0 Å². The lowest BCUT2D eigenvalue weighted by Crippen LogP contribution is -2.05. The second-order valence-electron chi connectivity index (χ2n) is 5.72. The molecular formula is C20H22O4. The number of rotatable bonds is 9. The van der Waals surface area contributed by atoms with Crippen LogP contribution in [0.2, 0.25) is 0 Å². The minimum Gasteiger partial charge on any atom is -0.493 e. The third-order valence-electron chi connectivity index (χ3n) is 3.64. The van der Waals surface area contributed by atoms with Crippen LogP contribution in [0, 0.1) is 13.8 Å². The Labute approximate surface area is 142 Å². The maximum absolute atomic E-state index is 11.0. The van der Waals surface area contributed by atoms with Gasteiger partial charge in [-0.05, 0) is 51.0 Å². The molecule has 0 fully saturated rings. The minimum absolute atomic E-state index is 0.516. The number of carbonyl (C=O) groups excluding carboxylic acids is 2. The van der Waals surface area contributed by atoms with Gasteiger partial charge in [0.1, 0.15) is 11.5 Å². The molecule has 4 nitrogen and oxygen atoms in total. The standard InChI is InChI=1S/C20H22O4/c1-15-5-7-19(17(11-15)13-21)23-9-3-4-10-24-20-8-6-16(2)12-18(20)14-22/h5-8,11-14H,3-4,9-10H2,1-2H3. The number of ether oxygens (including phenoxy) is 2. The Kier molecular flexibility index (Phi) is 6.55. The van der Waals surface area contributed by atoms with E-state index in [0.29, 0.717) is 35.8 Å². The fourth-order valence-electron chi connectivity index (χ4n) is 2.35. The number of unbranched alkanes of at least 4 members (excludes halogenated alkanes) is 1. The lowest BCUT2D eigenvalue weighted by molar-refractivity contribution is 0.111. The van der Waals surface area contributed by atoms with Gasteiger partial charge in [0.05, 0.1) is 24.3 Å². The monoisotopic (exact) mass is 326 g/mol. The topological polar surface area (TPSA) is 52.6 Å². The smallest absolute Gasteiger partial charge is 0.153 e. The van der Waals surface area contributed by atoms with Crippen LogP contribution in [0.4, 0.5) is 0 Å². The molecular weight excluding hydrogens is 304 g/mol. The van der Waals surface area contributed by atoms with Gasteiger partial charge < -0.3 is 9.47 Å². The average Bonchev–Trinajstić information content (AvgIpc) is 2.59. The summed E-state index contributed by atoms with van der Waals surface area (Å²) < 4.78 is 11.3. The fourth-order valence-corrected chi connectivity index (χ4v) is 2.35. The van der Waals surface area contributed by atoms with Crippen molar-refractivity contribution in [3.05, 3.63) is 58.7 Å². The molecule has 0 aliphatic rings. The molecule has 0 heterocycles. The highest BCUT2D eigenvalue weighted by atomic mass is 16.5. The third kappa shape index (κ3) is 4.95. The number of benzene rings is 2. The van der Waals surface area contributed by atoms with E-state index >= 15 is 0 Å². The van der Waals surface area contributed by atoms with E-state index in [-0.39, 0.29) is 0 Å². The predicted octanol–water partition coefficient (Wildman–Crippen LogP) is 4.17. The van der Waals surface area contributed by atoms with E-state index in [9.17, 15) is 9.59 Å². The van der Waals surface area contributed by atoms with Crippen molar-refractivity contribution in [3.8, 4) is 11.5 Å². The van der Waals surface area contributed by atoms with Crippen LogP contribution in [0.3, 0.4) is 0 Å². The van der Waals surface area contributed by atoms with E-state index in [2.05, 4.69) is 0 Å². The molecule has 0 N–H and O–H groups in total. The van der Waals surface area contributed by atoms with E-state index in [1.165, 1.54) is 0 Å². The Hall–Kier alpha value is -2.62. The first kappa shape index (κ1) is 17.7. The Balaban J connectivity index is 1.74. The molecule has 2 aromatic rings. The number of hydrogen-bond donors (Lipinski definition) is 0. The largest absolute Gasteiger partial charge is 0.493 e. The zero-order valence-corrected chi connectivity index (χ0v) is 14.1. The lowest BCUT2D eigenvalue weighted by Gasteiger charge is -2.11. The summed E-state index contributed by atoms with van der Waals surface area (Å²) in [4.78, 5) is 22.1. The SMILES string of the molecule is Cc1ccc(OCCCCOc2ccc(C)cc2C=O)c(C=O)c1. The van der Waals surface area contributed by atoms with Crippen LogP contribution in [0.25, 0.3) is 0 Å². The van der Waals surface area contributed by atoms with Gasteiger partial charge >= 0.3 is 0 Å². The first-order valence-corrected chi connectivity index (χ1v) is 8.01. The van der Waals surface area contributed by atoms with Gasteiger partial charge in [0.2, 0.25) is 0 Å². The molecule has 0 bridgehead atoms. The van der Waals surface area contributed by atoms with Crippen molar-refractivity contribution in [2.45, 2.75) is 26.7 Å². The molecule has 0 atom stereocenters. The summed E-state index contributed by atoms with van der Waals surface area (Å²) in [5, 5.41) is 0. The Bertz CT molecular complexity index is 645. The first-order chi connectivity index (χ1) is 11.6. The van der Waals surface area contributed by atoms with Gasteiger partial charge in [-0.15, -0.1) is 0 Å². The molecule has 0 radical (unpaired) electrons. The molecule has 0 saturated heterocycles. The Morgan fingerprint density at radius 2 is 1.17 bits per heavy atom. The van der Waals surface area contributed by atoms with Crippen molar-refractivity contribution >= 4 is 12.6 Å². The zero-order chi connectivity index (χ0) is 17.4. The first-order valence-electron chi connectivity index (χ1n) is 8.01. The third-order valence-corrected chi connectivity index (χ3v) is 3.64. The number of carbonyl (C=O) groups is 2. The molecule has 0 saturated carbocycles. The van der Waals surface area contributed by atoms with Crippen molar-refractivity contribution < 1.29 is 19.1 Å². The maximum Gasteiger partial charge on any atom is 0.153 e. The normalized spacial score (nSPS) is 10.2. The van der Waals surface area contributed by atoms with E-state index in [1.807, 2.05) is 50.2 Å². The number of aldehydes is 2. The van der Waals surface area contributed by atoms with Gasteiger partial charge in [-0.3, -0.25) is 9.59 Å². The number of aryl methyl sites for hydroxylation is 2. The highest BCUT2D eigenvalue weighted by Crippen LogP contribution is 2.20. The predicted molar refractivity (Wildman–Crippen MR) is 93.4 cm³/mol. The summed E-state index contributed by atoms with van der Waals surface area (Å²) in [5.74, 6) is 1.22. The molecule has 0 aliphatic heterocycles. The summed E-state index contributed by atoms with van der Waals surface area (Å²) in [7, 11) is 0. The zero-order valence-electron chi connectivity index (χ0n) is 14.1. The molecule has 0 spiro atoms. The van der Waals surface area contributed by atoms with Gasteiger partial charge in [0.25, 0.3) is 0 Å². The van der Waals surface area contributed by atoms with Crippen molar-refractivity contribution in [2.24, 2.45) is 0 Å². The van der Waals surface area contributed by atoms with Gasteiger partial charge in [-0.2, -0.15) is 0 Å². The second kappa shape index (κ2) is 8.87. The van der Waals surface area contributed by atoms with E-state index in [0.717, 1.165) is 36.5 Å². The van der Waals surface area contributed by atoms with Crippen LogP contribution >= 0.6 is 0 Å². The summed E-state index contributed by atoms with van der Waals surface area (Å²) >= 11 is 0. The summed E-state index contributed by atoms with van der Waals surface area (Å²) in [6.45, 7) is 4.91. The Morgan fingerprint density at radius 1 is 0.750 bits per heavy atom. The highest BCUT2D eigenvalue weighted by molar-refractivity contribution is 5.80. The van der Waals surface area contributed by atoms with Crippen LogP contribution in [-0.4, -0.2) is 25.8 Å². The molecule has 0 unspecified atom stereocenters. The van der Waals surface area contributed by atoms with Crippen molar-refractivity contribution in [3.63, 3.8) is 0 Å². The highest BCUT2D eigenvalue weighted by Gasteiger charge is 2.04. The molecule has 2 rings (SSSR count). The van der Waals surface area contributed by atoms with Crippen molar-refractivity contribution in [2.75, 3.05) is 13.2 Å². The van der Waals surface area contributed by atoms with Crippen LogP contribution in [0.5, 0.6) is 11.5 Å². The molecule has 0 aromatic heterocycles. The average molecular weight is 326 g/mol. The molecule has 0 amide bonds. The summed E-state index contributed by atoms with van der Waals surface area (Å²) in [6, 6.07) is 11.1. The van der Waals surface area contributed by atoms with E-state index < -0.39 is 0 Å². The second-order valence-corrected chi connectivity index (χ2v) is 5.72. The van der Waals surface area contributed by atoms with Gasteiger partial charge in [-0.1, -0.05) is 23.3 Å². The molecule has 4 heteroatoms. The van der Waals surface area contributed by atoms with Crippen LogP contribution in [-0.2, 0) is 0 Å². The van der Waals surface area contributed by atoms with E-state index in [4.69, 9.17) is 9.47 Å². The summed E-state index contributed by atoms with van der Waals surface area (Å²) in [5.41, 5.74) is 3.20. The van der Waals surface area contributed by atoms with Crippen LogP contribution in [0.15, 0.2) is 36.4 Å². The molecule has 24 heavy (non-hydrogen) atoms. The number of hydrogen-bond acceptors (Lipinski definition) is 4. The fraction of sp³-hybridized carbons (Fsp3) is 0.300. The van der Waals surface area contributed by atoms with Crippen molar-refractivity contribution in [1.29, 1.82) is 0 Å². The molecule has 126 valence electrons. The van der Waals surface area contributed by atoms with E-state index in [1.54, 1.807) is 0 Å². The Morgan fingerprint density at radius 3 is 1.54 bits per heavy atom.